The number of aromatic nitrogens is 2. The molecular formula is C6H7N3O. The highest BCUT2D eigenvalue weighted by Gasteiger charge is 1.99. The summed E-state index contributed by atoms with van der Waals surface area (Å²) < 4.78 is 4.69. The molecule has 10 heavy (non-hydrogen) atoms. The van der Waals surface area contributed by atoms with Crippen LogP contribution in [0.5, 0.6) is 0 Å². The Morgan fingerprint density at radius 2 is 2.50 bits per heavy atom. The molecule has 0 fully saturated rings. The molecule has 52 valence electrons. The summed E-state index contributed by atoms with van der Waals surface area (Å²) in [6.07, 6.45) is 1.02. The summed E-state index contributed by atoms with van der Waals surface area (Å²) >= 11 is 0. The van der Waals surface area contributed by atoms with Gasteiger partial charge in [-0.1, -0.05) is 5.16 Å². The van der Waals surface area contributed by atoms with Crippen molar-refractivity contribution in [2.24, 2.45) is 0 Å². The average molecular weight is 137 g/mol. The van der Waals surface area contributed by atoms with Crippen molar-refractivity contribution in [3.63, 3.8) is 0 Å². The lowest BCUT2D eigenvalue weighted by Gasteiger charge is -1.79. The maximum Gasteiger partial charge on any atom is 0.223 e. The Kier molecular flexibility index (Phi) is 2.00. The summed E-state index contributed by atoms with van der Waals surface area (Å²) in [6, 6.07) is 2.00. The molecule has 1 aromatic heterocycles. The van der Waals surface area contributed by atoms with Crippen LogP contribution in [0.2, 0.25) is 0 Å². The molecule has 0 saturated carbocycles. The van der Waals surface area contributed by atoms with Gasteiger partial charge < -0.3 is 4.52 Å². The summed E-state index contributed by atoms with van der Waals surface area (Å²) in [5, 5.41) is 11.8. The van der Waals surface area contributed by atoms with E-state index in [0.717, 1.165) is 0 Å². The van der Waals surface area contributed by atoms with E-state index in [-0.39, 0.29) is 0 Å². The minimum Gasteiger partial charge on any atom is -0.340 e. The van der Waals surface area contributed by atoms with Crippen molar-refractivity contribution in [3.05, 3.63) is 11.7 Å². The van der Waals surface area contributed by atoms with Crippen LogP contribution in [-0.2, 0) is 6.42 Å². The average Bonchev–Trinajstić information content (AvgIpc) is 2.31. The van der Waals surface area contributed by atoms with Crippen molar-refractivity contribution in [3.8, 4) is 6.07 Å². The van der Waals surface area contributed by atoms with Gasteiger partial charge in [-0.2, -0.15) is 10.2 Å². The standard InChI is InChI=1S/C6H7N3O/c1-5-8-6(9-10-5)3-2-4-7/h2-3H2,1H3. The van der Waals surface area contributed by atoms with Gasteiger partial charge in [0.15, 0.2) is 5.82 Å². The second kappa shape index (κ2) is 2.97. The SMILES string of the molecule is Cc1nc(CCC#N)no1. The largest absolute Gasteiger partial charge is 0.340 e. The lowest BCUT2D eigenvalue weighted by atomic mass is 10.3. The second-order valence-electron chi connectivity index (χ2n) is 1.89. The lowest BCUT2D eigenvalue weighted by molar-refractivity contribution is 0.387. The van der Waals surface area contributed by atoms with Crippen molar-refractivity contribution in [2.75, 3.05) is 0 Å². The molecule has 0 radical (unpaired) electrons. The number of hydrogen-bond donors (Lipinski definition) is 0. The molecule has 0 N–H and O–H groups in total. The highest BCUT2D eigenvalue weighted by Crippen LogP contribution is 1.97. The molecule has 0 aromatic carbocycles. The first kappa shape index (κ1) is 6.75. The maximum atomic E-state index is 8.20. The lowest BCUT2D eigenvalue weighted by Crippen LogP contribution is -1.85. The molecule has 0 unspecified atom stereocenters. The minimum atomic E-state index is 0.443. The monoisotopic (exact) mass is 137 g/mol. The molecule has 1 aromatic rings. The summed E-state index contributed by atoms with van der Waals surface area (Å²) in [6.45, 7) is 1.73. The van der Waals surface area contributed by atoms with Crippen LogP contribution in [0.4, 0.5) is 0 Å². The molecule has 0 spiro atoms. The van der Waals surface area contributed by atoms with E-state index in [2.05, 4.69) is 10.1 Å². The van der Waals surface area contributed by atoms with Crippen molar-refractivity contribution in [2.45, 2.75) is 19.8 Å². The van der Waals surface area contributed by atoms with Gasteiger partial charge in [0.2, 0.25) is 5.89 Å². The van der Waals surface area contributed by atoms with Crippen LogP contribution in [0, 0.1) is 18.3 Å². The van der Waals surface area contributed by atoms with Crippen molar-refractivity contribution < 1.29 is 4.52 Å². The van der Waals surface area contributed by atoms with Crippen molar-refractivity contribution in [1.82, 2.24) is 10.1 Å². The molecule has 0 aliphatic carbocycles. The fourth-order valence-corrected chi connectivity index (χ4v) is 0.611. The molecule has 0 aliphatic rings. The maximum absolute atomic E-state index is 8.20. The van der Waals surface area contributed by atoms with E-state index in [1.807, 2.05) is 6.07 Å². The minimum absolute atomic E-state index is 0.443. The first-order valence-electron chi connectivity index (χ1n) is 2.99. The van der Waals surface area contributed by atoms with Gasteiger partial charge in [0, 0.05) is 19.8 Å². The Hall–Kier alpha value is -1.37. The Bertz CT molecular complexity index is 248. The summed E-state index contributed by atoms with van der Waals surface area (Å²) in [5.41, 5.74) is 0. The van der Waals surface area contributed by atoms with Gasteiger partial charge in [0.25, 0.3) is 0 Å². The Balaban J connectivity index is 2.52. The van der Waals surface area contributed by atoms with Crippen LogP contribution < -0.4 is 0 Å². The van der Waals surface area contributed by atoms with Gasteiger partial charge in [-0.15, -0.1) is 0 Å². The van der Waals surface area contributed by atoms with Gasteiger partial charge in [0.05, 0.1) is 6.07 Å². The zero-order valence-corrected chi connectivity index (χ0v) is 5.66. The number of aryl methyl sites for hydroxylation is 2. The van der Waals surface area contributed by atoms with Crippen LogP contribution in [0.1, 0.15) is 18.1 Å². The van der Waals surface area contributed by atoms with E-state index in [9.17, 15) is 0 Å². The van der Waals surface area contributed by atoms with E-state index in [1.54, 1.807) is 6.92 Å². The van der Waals surface area contributed by atoms with Gasteiger partial charge in [0.1, 0.15) is 0 Å². The van der Waals surface area contributed by atoms with Crippen LogP contribution in [0.25, 0.3) is 0 Å². The van der Waals surface area contributed by atoms with Crippen LogP contribution in [-0.4, -0.2) is 10.1 Å². The van der Waals surface area contributed by atoms with Crippen LogP contribution in [0.3, 0.4) is 0 Å². The van der Waals surface area contributed by atoms with E-state index < -0.39 is 0 Å². The Morgan fingerprint density at radius 3 is 3.00 bits per heavy atom. The normalized spacial score (nSPS) is 9.20. The topological polar surface area (TPSA) is 62.7 Å². The molecule has 0 saturated heterocycles. The van der Waals surface area contributed by atoms with Gasteiger partial charge in [-0.05, 0) is 0 Å². The molecule has 1 rings (SSSR count). The molecular weight excluding hydrogens is 130 g/mol. The summed E-state index contributed by atoms with van der Waals surface area (Å²) in [7, 11) is 0. The van der Waals surface area contributed by atoms with Gasteiger partial charge in [-0.3, -0.25) is 0 Å². The smallest absolute Gasteiger partial charge is 0.223 e. The number of rotatable bonds is 2. The Labute approximate surface area is 58.5 Å². The van der Waals surface area contributed by atoms with E-state index in [4.69, 9.17) is 9.78 Å². The predicted molar refractivity (Wildman–Crippen MR) is 33.0 cm³/mol. The fourth-order valence-electron chi connectivity index (χ4n) is 0.611. The number of nitriles is 1. The van der Waals surface area contributed by atoms with E-state index in [0.29, 0.717) is 24.6 Å². The fraction of sp³-hybridized carbons (Fsp3) is 0.500. The van der Waals surface area contributed by atoms with Crippen LogP contribution >= 0.6 is 0 Å². The van der Waals surface area contributed by atoms with Gasteiger partial charge in [-0.25, -0.2) is 0 Å². The van der Waals surface area contributed by atoms with E-state index >= 15 is 0 Å². The zero-order chi connectivity index (χ0) is 7.40. The molecule has 0 atom stereocenters. The predicted octanol–water partition coefficient (Wildman–Crippen LogP) is 0.834. The second-order valence-corrected chi connectivity index (χ2v) is 1.89. The highest BCUT2D eigenvalue weighted by molar-refractivity contribution is 4.87. The number of hydrogen-bond acceptors (Lipinski definition) is 4. The summed E-state index contributed by atoms with van der Waals surface area (Å²) in [5.74, 6) is 1.16. The molecule has 0 aliphatic heterocycles. The third kappa shape index (κ3) is 1.55. The quantitative estimate of drug-likeness (QED) is 0.605. The third-order valence-corrected chi connectivity index (χ3v) is 1.03. The zero-order valence-electron chi connectivity index (χ0n) is 5.66. The first-order chi connectivity index (χ1) is 4.83. The van der Waals surface area contributed by atoms with Crippen molar-refractivity contribution in [1.29, 1.82) is 5.26 Å². The molecule has 1 heterocycles. The molecule has 4 nitrogen and oxygen atoms in total. The Morgan fingerprint density at radius 1 is 1.70 bits per heavy atom. The van der Waals surface area contributed by atoms with Crippen molar-refractivity contribution >= 4 is 0 Å². The summed E-state index contributed by atoms with van der Waals surface area (Å²) in [4.78, 5) is 3.92. The van der Waals surface area contributed by atoms with E-state index in [1.165, 1.54) is 0 Å². The molecule has 0 amide bonds. The third-order valence-electron chi connectivity index (χ3n) is 1.03. The number of nitrogens with zero attached hydrogens (tertiary/aromatic N) is 3. The first-order valence-corrected chi connectivity index (χ1v) is 2.99. The van der Waals surface area contributed by atoms with Crippen LogP contribution in [0.15, 0.2) is 4.52 Å². The highest BCUT2D eigenvalue weighted by atomic mass is 16.5. The molecule has 4 heteroatoms. The molecule has 0 bridgehead atoms. The van der Waals surface area contributed by atoms with Gasteiger partial charge >= 0.3 is 0 Å².